The Morgan fingerprint density at radius 3 is 2.17 bits per heavy atom. The predicted octanol–water partition coefficient (Wildman–Crippen LogP) is 0.0909. The Morgan fingerprint density at radius 2 is 1.58 bits per heavy atom. The second kappa shape index (κ2) is 13.1. The molecule has 0 unspecified atom stereocenters. The first-order valence-corrected chi connectivity index (χ1v) is 8.13. The summed E-state index contributed by atoms with van der Waals surface area (Å²) in [6, 6.07) is -2.09. The van der Waals surface area contributed by atoms with Crippen molar-refractivity contribution in [1.82, 2.24) is 16.0 Å². The molecule has 0 fully saturated rings. The van der Waals surface area contributed by atoms with Gasteiger partial charge in [0.05, 0.1) is 0 Å². The van der Waals surface area contributed by atoms with Gasteiger partial charge in [-0.1, -0.05) is 19.3 Å². The van der Waals surface area contributed by atoms with Crippen LogP contribution in [0.5, 0.6) is 0 Å². The van der Waals surface area contributed by atoms with Crippen molar-refractivity contribution in [3.63, 3.8) is 0 Å². The molecule has 9 nitrogen and oxygen atoms in total. The molecule has 0 aliphatic rings. The molecule has 6 N–H and O–H groups in total. The van der Waals surface area contributed by atoms with Gasteiger partial charge in [-0.2, -0.15) is 0 Å². The monoisotopic (exact) mass is 344 g/mol. The normalized spacial score (nSPS) is 11.4. The molecule has 0 aliphatic carbocycles. The first kappa shape index (κ1) is 21.7. The van der Waals surface area contributed by atoms with Crippen LogP contribution in [0.3, 0.4) is 0 Å². The van der Waals surface area contributed by atoms with E-state index in [0.29, 0.717) is 13.0 Å². The minimum atomic E-state index is -1.22. The number of aliphatic carboxylic acids is 1. The van der Waals surface area contributed by atoms with Crippen molar-refractivity contribution >= 4 is 23.8 Å². The van der Waals surface area contributed by atoms with Crippen LogP contribution in [0, 0.1) is 0 Å². The molecule has 0 rings (SSSR count). The van der Waals surface area contributed by atoms with E-state index in [0.717, 1.165) is 32.1 Å². The molecule has 0 radical (unpaired) electrons. The summed E-state index contributed by atoms with van der Waals surface area (Å²) in [6.45, 7) is 0.523. The van der Waals surface area contributed by atoms with Gasteiger partial charge in [-0.15, -0.1) is 0 Å². The molecule has 0 spiro atoms. The summed E-state index contributed by atoms with van der Waals surface area (Å²) in [5.41, 5.74) is 4.87. The molecule has 138 valence electrons. The molecule has 9 heteroatoms. The van der Waals surface area contributed by atoms with Gasteiger partial charge in [-0.25, -0.2) is 9.59 Å². The second-order valence-corrected chi connectivity index (χ2v) is 5.48. The molecule has 0 saturated heterocycles. The van der Waals surface area contributed by atoms with Crippen LogP contribution in [0.15, 0.2) is 0 Å². The van der Waals surface area contributed by atoms with E-state index in [1.165, 1.54) is 0 Å². The van der Waals surface area contributed by atoms with E-state index in [9.17, 15) is 19.2 Å². The number of nitrogens with one attached hydrogen (secondary N) is 3. The van der Waals surface area contributed by atoms with E-state index in [1.54, 1.807) is 7.05 Å². The molecule has 0 bridgehead atoms. The number of carbonyl (C=O) groups excluding carboxylic acids is 3. The van der Waals surface area contributed by atoms with E-state index in [2.05, 4.69) is 16.0 Å². The summed E-state index contributed by atoms with van der Waals surface area (Å²) < 4.78 is 0. The van der Waals surface area contributed by atoms with Gasteiger partial charge in [0, 0.05) is 26.4 Å². The summed E-state index contributed by atoms with van der Waals surface area (Å²) in [4.78, 5) is 44.1. The third-order valence-corrected chi connectivity index (χ3v) is 3.46. The van der Waals surface area contributed by atoms with Gasteiger partial charge in [0.15, 0.2) is 0 Å². The lowest BCUT2D eigenvalue weighted by Crippen LogP contribution is -2.44. The van der Waals surface area contributed by atoms with Crippen LogP contribution in [0.1, 0.15) is 51.4 Å². The molecular formula is C15H28N4O5. The van der Waals surface area contributed by atoms with Crippen molar-refractivity contribution in [2.24, 2.45) is 5.73 Å². The number of hydrogen-bond acceptors (Lipinski definition) is 4. The smallest absolute Gasteiger partial charge is 0.326 e. The van der Waals surface area contributed by atoms with E-state index >= 15 is 0 Å². The van der Waals surface area contributed by atoms with Gasteiger partial charge in [-0.3, -0.25) is 9.59 Å². The van der Waals surface area contributed by atoms with Gasteiger partial charge < -0.3 is 26.8 Å². The maximum absolute atomic E-state index is 11.6. The first-order valence-electron chi connectivity index (χ1n) is 8.13. The van der Waals surface area contributed by atoms with Crippen LogP contribution in [-0.2, 0) is 14.4 Å². The topological polar surface area (TPSA) is 151 Å². The van der Waals surface area contributed by atoms with E-state index in [1.807, 2.05) is 0 Å². The maximum atomic E-state index is 11.6. The average molecular weight is 344 g/mol. The van der Waals surface area contributed by atoms with Crippen LogP contribution >= 0.6 is 0 Å². The number of nitrogens with two attached hydrogens (primary N) is 1. The Kier molecular flexibility index (Phi) is 11.9. The van der Waals surface area contributed by atoms with Gasteiger partial charge >= 0.3 is 12.0 Å². The van der Waals surface area contributed by atoms with E-state index < -0.39 is 18.0 Å². The zero-order chi connectivity index (χ0) is 18.4. The summed E-state index contributed by atoms with van der Waals surface area (Å²) in [5.74, 6) is -1.43. The average Bonchev–Trinajstić information content (AvgIpc) is 2.52. The van der Waals surface area contributed by atoms with Crippen molar-refractivity contribution in [2.75, 3.05) is 13.6 Å². The number of carboxylic acids is 1. The third kappa shape index (κ3) is 12.2. The van der Waals surface area contributed by atoms with Gasteiger partial charge in [0.1, 0.15) is 6.04 Å². The Hall–Kier alpha value is -2.32. The van der Waals surface area contributed by atoms with Crippen molar-refractivity contribution in [2.45, 2.75) is 57.4 Å². The Balaban J connectivity index is 3.63. The van der Waals surface area contributed by atoms with Crippen molar-refractivity contribution in [3.8, 4) is 0 Å². The molecule has 24 heavy (non-hydrogen) atoms. The highest BCUT2D eigenvalue weighted by atomic mass is 16.4. The highest BCUT2D eigenvalue weighted by molar-refractivity contribution is 5.82. The fraction of sp³-hybridized carbons (Fsp3) is 0.733. The largest absolute Gasteiger partial charge is 0.480 e. The number of primary amides is 1. The number of carbonyl (C=O) groups is 4. The Labute approximate surface area is 141 Å². The second-order valence-electron chi connectivity index (χ2n) is 5.48. The first-order chi connectivity index (χ1) is 11.4. The predicted molar refractivity (Wildman–Crippen MR) is 88.2 cm³/mol. The number of unbranched alkanes of at least 4 members (excludes halogenated alkanes) is 4. The van der Waals surface area contributed by atoms with Crippen LogP contribution in [-0.4, -0.2) is 48.6 Å². The number of hydrogen-bond donors (Lipinski definition) is 5. The minimum absolute atomic E-state index is 0.00335. The molecule has 4 amide bonds. The highest BCUT2D eigenvalue weighted by Crippen LogP contribution is 2.05. The highest BCUT2D eigenvalue weighted by Gasteiger charge is 2.19. The SMILES string of the molecule is CNC(=O)CCCCCCCNC(=O)CC[C@H](NC(N)=O)C(=O)O. The molecular weight excluding hydrogens is 316 g/mol. The maximum Gasteiger partial charge on any atom is 0.326 e. The number of urea groups is 1. The summed E-state index contributed by atoms with van der Waals surface area (Å²) in [6.07, 6.45) is 5.14. The quantitative estimate of drug-likeness (QED) is 0.300. The minimum Gasteiger partial charge on any atom is -0.480 e. The lowest BCUT2D eigenvalue weighted by atomic mass is 10.1. The molecule has 0 aromatic rings. The van der Waals surface area contributed by atoms with Crippen molar-refractivity contribution in [3.05, 3.63) is 0 Å². The number of carboxylic acid groups (broad SMARTS) is 1. The molecule has 0 aliphatic heterocycles. The Bertz CT molecular complexity index is 428. The van der Waals surface area contributed by atoms with Gasteiger partial charge in [-0.05, 0) is 19.3 Å². The van der Waals surface area contributed by atoms with E-state index in [-0.39, 0.29) is 24.7 Å². The molecule has 0 aromatic carbocycles. The molecule has 0 heterocycles. The third-order valence-electron chi connectivity index (χ3n) is 3.46. The molecule has 0 saturated carbocycles. The van der Waals surface area contributed by atoms with E-state index in [4.69, 9.17) is 10.8 Å². The van der Waals surface area contributed by atoms with Crippen LogP contribution in [0.2, 0.25) is 0 Å². The van der Waals surface area contributed by atoms with Crippen LogP contribution in [0.4, 0.5) is 4.79 Å². The van der Waals surface area contributed by atoms with Gasteiger partial charge in [0.2, 0.25) is 11.8 Å². The lowest BCUT2D eigenvalue weighted by Gasteiger charge is -2.12. The fourth-order valence-electron chi connectivity index (χ4n) is 2.09. The fourth-order valence-corrected chi connectivity index (χ4v) is 2.09. The van der Waals surface area contributed by atoms with Crippen molar-refractivity contribution in [1.29, 1.82) is 0 Å². The summed E-state index contributed by atoms with van der Waals surface area (Å²) >= 11 is 0. The zero-order valence-corrected chi connectivity index (χ0v) is 14.1. The molecule has 1 atom stereocenters. The van der Waals surface area contributed by atoms with Crippen LogP contribution in [0.25, 0.3) is 0 Å². The number of amides is 4. The summed E-state index contributed by atoms with van der Waals surface area (Å²) in [7, 11) is 1.62. The molecule has 0 aromatic heterocycles. The van der Waals surface area contributed by atoms with Gasteiger partial charge in [0.25, 0.3) is 0 Å². The van der Waals surface area contributed by atoms with Crippen molar-refractivity contribution < 1.29 is 24.3 Å². The van der Waals surface area contributed by atoms with Crippen LogP contribution < -0.4 is 21.7 Å². The Morgan fingerprint density at radius 1 is 0.958 bits per heavy atom. The summed E-state index contributed by atoms with van der Waals surface area (Å²) in [5, 5.41) is 16.2. The standard InChI is InChI=1S/C15H28N4O5/c1-17-12(20)7-5-3-2-4-6-10-18-13(21)9-8-11(14(22)23)19-15(16)24/h11H,2-10H2,1H3,(H,17,20)(H,18,21)(H,22,23)(H3,16,19,24)/t11-/m0/s1. The zero-order valence-electron chi connectivity index (χ0n) is 14.1. The number of rotatable bonds is 13. The lowest BCUT2D eigenvalue weighted by molar-refractivity contribution is -0.139.